The molecule has 0 amide bonds. The second-order valence-corrected chi connectivity index (χ2v) is 6.84. The third-order valence-corrected chi connectivity index (χ3v) is 4.20. The monoisotopic (exact) mass is 331 g/mol. The number of ketones is 1. The number of rotatable bonds is 13. The van der Waals surface area contributed by atoms with E-state index in [9.17, 15) is 4.79 Å². The molecule has 0 aliphatic heterocycles. The maximum absolute atomic E-state index is 12.0. The van der Waals surface area contributed by atoms with Crippen molar-refractivity contribution < 1.29 is 4.79 Å². The molecule has 0 aromatic rings. The first-order valence-corrected chi connectivity index (χ1v) is 9.13. The molecule has 0 saturated heterocycles. The Bertz CT molecular complexity index is 468. The molecule has 0 N–H and O–H groups in total. The van der Waals surface area contributed by atoms with Crippen molar-refractivity contribution in [3.05, 3.63) is 47.6 Å². The van der Waals surface area contributed by atoms with Gasteiger partial charge in [-0.15, -0.1) is 6.58 Å². The van der Waals surface area contributed by atoms with E-state index in [0.717, 1.165) is 38.8 Å². The Hall–Kier alpha value is -1.41. The Balaban J connectivity index is 3.97. The minimum atomic E-state index is 0.371. The van der Waals surface area contributed by atoms with E-state index in [1.807, 2.05) is 6.08 Å². The predicted molar refractivity (Wildman–Crippen MR) is 107 cm³/mol. The van der Waals surface area contributed by atoms with E-state index in [0.29, 0.717) is 18.6 Å². The SMILES string of the molecule is C=CCN(C)CC(C)=CCCC(=O)CCC(C)=CCCC(C)=CC. The lowest BCUT2D eigenvalue weighted by molar-refractivity contribution is -0.118. The van der Waals surface area contributed by atoms with Crippen LogP contribution in [0.25, 0.3) is 0 Å². The number of carbonyl (C=O) groups is 1. The van der Waals surface area contributed by atoms with Crippen molar-refractivity contribution in [2.45, 2.75) is 66.2 Å². The van der Waals surface area contributed by atoms with Gasteiger partial charge >= 0.3 is 0 Å². The fourth-order valence-corrected chi connectivity index (χ4v) is 2.51. The molecule has 0 bridgehead atoms. The first-order valence-electron chi connectivity index (χ1n) is 9.13. The van der Waals surface area contributed by atoms with Gasteiger partial charge in [0.25, 0.3) is 0 Å². The zero-order valence-electron chi connectivity index (χ0n) is 16.5. The summed E-state index contributed by atoms with van der Waals surface area (Å²) in [5, 5.41) is 0. The summed E-state index contributed by atoms with van der Waals surface area (Å²) >= 11 is 0. The molecule has 0 heterocycles. The standard InChI is InChI=1S/C22H37NO/c1-7-17-23(6)18-21(5)13-10-14-22(24)16-15-20(4)12-9-11-19(3)8-2/h7-8,12-13H,1,9-11,14-18H2,2-6H3. The van der Waals surface area contributed by atoms with Gasteiger partial charge in [-0.1, -0.05) is 41.0 Å². The van der Waals surface area contributed by atoms with Crippen LogP contribution in [-0.2, 0) is 4.79 Å². The first-order chi connectivity index (χ1) is 11.4. The van der Waals surface area contributed by atoms with Gasteiger partial charge in [0, 0.05) is 25.9 Å². The van der Waals surface area contributed by atoms with Crippen molar-refractivity contribution in [2.24, 2.45) is 0 Å². The summed E-state index contributed by atoms with van der Waals surface area (Å²) in [4.78, 5) is 14.2. The quantitative estimate of drug-likeness (QED) is 0.393. The minimum absolute atomic E-state index is 0.371. The topological polar surface area (TPSA) is 20.3 Å². The van der Waals surface area contributed by atoms with E-state index >= 15 is 0 Å². The van der Waals surface area contributed by atoms with Crippen molar-refractivity contribution in [1.29, 1.82) is 0 Å². The predicted octanol–water partition coefficient (Wildman–Crippen LogP) is 5.87. The van der Waals surface area contributed by atoms with Gasteiger partial charge in [0.1, 0.15) is 5.78 Å². The lowest BCUT2D eigenvalue weighted by Crippen LogP contribution is -2.20. The fraction of sp³-hybridized carbons (Fsp3) is 0.591. The van der Waals surface area contributed by atoms with Crippen molar-refractivity contribution >= 4 is 5.78 Å². The van der Waals surface area contributed by atoms with Gasteiger partial charge in [-0.2, -0.15) is 0 Å². The van der Waals surface area contributed by atoms with Crippen LogP contribution in [0.4, 0.5) is 0 Å². The number of Topliss-reactive ketones (excluding diaryl/α,β-unsaturated/α-hetero) is 1. The van der Waals surface area contributed by atoms with E-state index in [1.165, 1.54) is 16.7 Å². The van der Waals surface area contributed by atoms with Gasteiger partial charge in [0.15, 0.2) is 0 Å². The first kappa shape index (κ1) is 22.6. The number of nitrogens with zero attached hydrogens (tertiary/aromatic N) is 1. The summed E-state index contributed by atoms with van der Waals surface area (Å²) in [6.45, 7) is 14.1. The third-order valence-electron chi connectivity index (χ3n) is 4.20. The number of hydrogen-bond donors (Lipinski definition) is 0. The number of hydrogen-bond acceptors (Lipinski definition) is 2. The molecular weight excluding hydrogens is 294 g/mol. The molecule has 0 saturated carbocycles. The largest absolute Gasteiger partial charge is 0.300 e. The number of likely N-dealkylation sites (N-methyl/N-ethyl adjacent to an activating group) is 1. The van der Waals surface area contributed by atoms with Gasteiger partial charge in [-0.25, -0.2) is 0 Å². The number of allylic oxidation sites excluding steroid dienone is 5. The summed E-state index contributed by atoms with van der Waals surface area (Å²) in [5.74, 6) is 0.371. The molecule has 0 rings (SSSR count). The van der Waals surface area contributed by atoms with Crippen molar-refractivity contribution in [1.82, 2.24) is 4.90 Å². The second-order valence-electron chi connectivity index (χ2n) is 6.84. The van der Waals surface area contributed by atoms with Gasteiger partial charge in [-0.3, -0.25) is 9.69 Å². The van der Waals surface area contributed by atoms with Crippen LogP contribution in [0.3, 0.4) is 0 Å². The molecule has 0 radical (unpaired) electrons. The van der Waals surface area contributed by atoms with Crippen molar-refractivity contribution in [3.63, 3.8) is 0 Å². The van der Waals surface area contributed by atoms with E-state index < -0.39 is 0 Å². The third kappa shape index (κ3) is 13.1. The molecule has 0 aliphatic rings. The molecule has 0 aromatic carbocycles. The average molecular weight is 332 g/mol. The molecule has 0 atom stereocenters. The fourth-order valence-electron chi connectivity index (χ4n) is 2.51. The van der Waals surface area contributed by atoms with Crippen LogP contribution in [-0.4, -0.2) is 30.8 Å². The lowest BCUT2D eigenvalue weighted by atomic mass is 10.0. The Morgan fingerprint density at radius 3 is 2.17 bits per heavy atom. The Morgan fingerprint density at radius 2 is 1.54 bits per heavy atom. The molecule has 0 aliphatic carbocycles. The zero-order valence-corrected chi connectivity index (χ0v) is 16.5. The molecule has 24 heavy (non-hydrogen) atoms. The molecule has 0 fully saturated rings. The lowest BCUT2D eigenvalue weighted by Gasteiger charge is -2.14. The molecule has 136 valence electrons. The number of carbonyl (C=O) groups excluding carboxylic acids is 1. The summed E-state index contributed by atoms with van der Waals surface area (Å²) in [5.41, 5.74) is 4.09. The highest BCUT2D eigenvalue weighted by atomic mass is 16.1. The maximum atomic E-state index is 12.0. The average Bonchev–Trinajstić information content (AvgIpc) is 2.52. The zero-order chi connectivity index (χ0) is 18.4. The van der Waals surface area contributed by atoms with Crippen LogP contribution in [0, 0.1) is 0 Å². The van der Waals surface area contributed by atoms with E-state index in [4.69, 9.17) is 0 Å². The second kappa shape index (κ2) is 14.0. The summed E-state index contributed by atoms with van der Waals surface area (Å²) < 4.78 is 0. The molecule has 0 aromatic heterocycles. The Morgan fingerprint density at radius 1 is 0.917 bits per heavy atom. The normalized spacial score (nSPS) is 13.5. The molecular formula is C22H37NO. The summed E-state index contributed by atoms with van der Waals surface area (Å²) in [6, 6.07) is 0. The van der Waals surface area contributed by atoms with Crippen LogP contribution in [0.5, 0.6) is 0 Å². The molecule has 2 nitrogen and oxygen atoms in total. The van der Waals surface area contributed by atoms with E-state index in [-0.39, 0.29) is 0 Å². The van der Waals surface area contributed by atoms with Crippen molar-refractivity contribution in [2.75, 3.05) is 20.1 Å². The van der Waals surface area contributed by atoms with Gasteiger partial charge < -0.3 is 0 Å². The van der Waals surface area contributed by atoms with Gasteiger partial charge in [-0.05, 0) is 60.4 Å². The summed E-state index contributed by atoms with van der Waals surface area (Å²) in [6.07, 6.45) is 13.8. The van der Waals surface area contributed by atoms with Crippen LogP contribution in [0.1, 0.15) is 66.2 Å². The molecule has 0 unspecified atom stereocenters. The van der Waals surface area contributed by atoms with Crippen LogP contribution in [0.2, 0.25) is 0 Å². The Labute approximate surface area is 150 Å². The van der Waals surface area contributed by atoms with Crippen molar-refractivity contribution in [3.8, 4) is 0 Å². The smallest absolute Gasteiger partial charge is 0.133 e. The highest BCUT2D eigenvalue weighted by Crippen LogP contribution is 2.12. The highest BCUT2D eigenvalue weighted by Gasteiger charge is 2.02. The highest BCUT2D eigenvalue weighted by molar-refractivity contribution is 5.78. The minimum Gasteiger partial charge on any atom is -0.300 e. The van der Waals surface area contributed by atoms with Crippen LogP contribution < -0.4 is 0 Å². The summed E-state index contributed by atoms with van der Waals surface area (Å²) in [7, 11) is 2.08. The van der Waals surface area contributed by atoms with Gasteiger partial charge in [0.05, 0.1) is 0 Å². The maximum Gasteiger partial charge on any atom is 0.133 e. The van der Waals surface area contributed by atoms with E-state index in [2.05, 4.69) is 64.4 Å². The molecule has 0 spiro atoms. The van der Waals surface area contributed by atoms with Gasteiger partial charge in [0.2, 0.25) is 0 Å². The van der Waals surface area contributed by atoms with E-state index in [1.54, 1.807) is 0 Å². The van der Waals surface area contributed by atoms with Crippen LogP contribution >= 0.6 is 0 Å². The molecule has 2 heteroatoms. The van der Waals surface area contributed by atoms with Crippen LogP contribution in [0.15, 0.2) is 47.6 Å². The Kier molecular flexibility index (Phi) is 13.2.